The number of anilines is 1. The first-order valence-electron chi connectivity index (χ1n) is 11.1. The molecule has 33 heavy (non-hydrogen) atoms. The number of hydrogen-bond acceptors (Lipinski definition) is 4. The highest BCUT2D eigenvalue weighted by atomic mass is 16.5. The lowest BCUT2D eigenvalue weighted by Crippen LogP contribution is -2.24. The lowest BCUT2D eigenvalue weighted by Gasteiger charge is -2.18. The fourth-order valence-corrected chi connectivity index (χ4v) is 4.66. The Hall–Kier alpha value is -3.80. The predicted molar refractivity (Wildman–Crippen MR) is 129 cm³/mol. The molecule has 1 aliphatic heterocycles. The molecule has 0 saturated carbocycles. The number of nitrogens with zero attached hydrogens (tertiary/aromatic N) is 3. The maximum atomic E-state index is 13.0. The van der Waals surface area contributed by atoms with Crippen LogP contribution in [-0.2, 0) is 11.3 Å². The second kappa shape index (κ2) is 8.62. The Balaban J connectivity index is 1.52. The number of amides is 1. The number of aryl methyl sites for hydroxylation is 1. The Morgan fingerprint density at radius 1 is 0.970 bits per heavy atom. The van der Waals surface area contributed by atoms with E-state index in [0.29, 0.717) is 31.0 Å². The predicted octanol–water partition coefficient (Wildman–Crippen LogP) is 4.93. The van der Waals surface area contributed by atoms with E-state index in [2.05, 4.69) is 16.7 Å². The van der Waals surface area contributed by atoms with Gasteiger partial charge >= 0.3 is 0 Å². The van der Waals surface area contributed by atoms with Crippen molar-refractivity contribution in [2.75, 3.05) is 25.7 Å². The van der Waals surface area contributed by atoms with Gasteiger partial charge in [-0.05, 0) is 54.4 Å². The summed E-state index contributed by atoms with van der Waals surface area (Å²) in [7, 11) is 3.28. The third kappa shape index (κ3) is 3.93. The van der Waals surface area contributed by atoms with Crippen molar-refractivity contribution < 1.29 is 14.3 Å². The smallest absolute Gasteiger partial charge is 0.227 e. The van der Waals surface area contributed by atoms with Crippen LogP contribution in [0.2, 0.25) is 0 Å². The Morgan fingerprint density at radius 2 is 1.79 bits per heavy atom. The largest absolute Gasteiger partial charge is 0.493 e. The summed E-state index contributed by atoms with van der Waals surface area (Å²) in [4.78, 5) is 19.8. The van der Waals surface area contributed by atoms with Crippen LogP contribution in [0.5, 0.6) is 11.5 Å². The molecule has 2 heterocycles. The van der Waals surface area contributed by atoms with E-state index in [1.807, 2.05) is 66.4 Å². The normalized spacial score (nSPS) is 15.9. The van der Waals surface area contributed by atoms with E-state index in [1.54, 1.807) is 14.2 Å². The molecule has 1 aromatic heterocycles. The van der Waals surface area contributed by atoms with Crippen LogP contribution in [0.1, 0.15) is 29.3 Å². The van der Waals surface area contributed by atoms with E-state index in [0.717, 1.165) is 33.7 Å². The van der Waals surface area contributed by atoms with Crippen LogP contribution >= 0.6 is 0 Å². The average molecular weight is 442 g/mol. The van der Waals surface area contributed by atoms with E-state index in [1.165, 1.54) is 0 Å². The van der Waals surface area contributed by atoms with Gasteiger partial charge in [0.15, 0.2) is 11.5 Å². The van der Waals surface area contributed by atoms with Crippen molar-refractivity contribution in [1.82, 2.24) is 9.55 Å². The zero-order valence-electron chi connectivity index (χ0n) is 19.1. The van der Waals surface area contributed by atoms with E-state index in [4.69, 9.17) is 14.5 Å². The molecule has 0 aliphatic carbocycles. The SMILES string of the molecule is COc1ccc(Cn2c([C@@H]3CC(=O)N(c4cccc(C)c4)C3)nc3ccccc32)cc1OC. The van der Waals surface area contributed by atoms with E-state index < -0.39 is 0 Å². The van der Waals surface area contributed by atoms with Gasteiger partial charge in [0.2, 0.25) is 5.91 Å². The molecule has 1 amide bonds. The molecule has 0 unspecified atom stereocenters. The minimum absolute atomic E-state index is 0.0190. The number of aromatic nitrogens is 2. The Kier molecular flexibility index (Phi) is 5.50. The molecular weight excluding hydrogens is 414 g/mol. The Morgan fingerprint density at radius 3 is 2.58 bits per heavy atom. The van der Waals surface area contributed by atoms with Crippen LogP contribution in [0, 0.1) is 6.92 Å². The summed E-state index contributed by atoms with van der Waals surface area (Å²) in [5.74, 6) is 2.49. The van der Waals surface area contributed by atoms with Gasteiger partial charge in [-0.3, -0.25) is 4.79 Å². The van der Waals surface area contributed by atoms with Gasteiger partial charge in [0.25, 0.3) is 0 Å². The van der Waals surface area contributed by atoms with Crippen LogP contribution in [0.3, 0.4) is 0 Å². The zero-order valence-corrected chi connectivity index (χ0v) is 19.1. The number of para-hydroxylation sites is 2. The molecule has 1 fully saturated rings. The molecule has 168 valence electrons. The molecule has 1 aliphatic rings. The van der Waals surface area contributed by atoms with Gasteiger partial charge in [-0.15, -0.1) is 0 Å². The highest BCUT2D eigenvalue weighted by molar-refractivity contribution is 5.96. The highest BCUT2D eigenvalue weighted by Gasteiger charge is 2.35. The second-order valence-electron chi connectivity index (χ2n) is 8.48. The van der Waals surface area contributed by atoms with Crippen LogP contribution in [0.25, 0.3) is 11.0 Å². The number of ether oxygens (including phenoxy) is 2. The third-order valence-corrected chi connectivity index (χ3v) is 6.28. The third-order valence-electron chi connectivity index (χ3n) is 6.28. The van der Waals surface area contributed by atoms with Gasteiger partial charge in [0, 0.05) is 31.1 Å². The molecule has 0 N–H and O–H groups in total. The van der Waals surface area contributed by atoms with Crippen molar-refractivity contribution >= 4 is 22.6 Å². The van der Waals surface area contributed by atoms with Crippen LogP contribution in [-0.4, -0.2) is 36.2 Å². The number of carbonyl (C=O) groups excluding carboxylic acids is 1. The molecule has 0 bridgehead atoms. The van der Waals surface area contributed by atoms with Gasteiger partial charge in [0.05, 0.1) is 25.3 Å². The summed E-state index contributed by atoms with van der Waals surface area (Å²) in [6.45, 7) is 3.30. The first kappa shape index (κ1) is 21.1. The maximum absolute atomic E-state index is 13.0. The first-order valence-corrected chi connectivity index (χ1v) is 11.1. The molecule has 0 spiro atoms. The van der Waals surface area contributed by atoms with Crippen LogP contribution in [0.15, 0.2) is 66.7 Å². The molecule has 0 radical (unpaired) electrons. The van der Waals surface area contributed by atoms with Gasteiger partial charge in [-0.1, -0.05) is 30.3 Å². The number of imidazole rings is 1. The minimum Gasteiger partial charge on any atom is -0.493 e. The first-order chi connectivity index (χ1) is 16.1. The number of fused-ring (bicyclic) bond motifs is 1. The lowest BCUT2D eigenvalue weighted by atomic mass is 10.1. The summed E-state index contributed by atoms with van der Waals surface area (Å²) in [6.07, 6.45) is 0.448. The van der Waals surface area contributed by atoms with E-state index >= 15 is 0 Å². The Labute approximate surface area is 193 Å². The van der Waals surface area contributed by atoms with Crippen molar-refractivity contribution in [2.45, 2.75) is 25.8 Å². The average Bonchev–Trinajstić information content (AvgIpc) is 3.39. The summed E-state index contributed by atoms with van der Waals surface area (Å²) in [5.41, 5.74) is 5.17. The van der Waals surface area contributed by atoms with Crippen molar-refractivity contribution in [3.8, 4) is 11.5 Å². The number of benzene rings is 3. The minimum atomic E-state index is 0.0190. The van der Waals surface area contributed by atoms with Gasteiger partial charge < -0.3 is 18.9 Å². The molecular formula is C27H27N3O3. The van der Waals surface area contributed by atoms with Gasteiger partial charge in [-0.2, -0.15) is 0 Å². The Bertz CT molecular complexity index is 1330. The number of rotatable bonds is 6. The number of carbonyl (C=O) groups is 1. The van der Waals surface area contributed by atoms with Gasteiger partial charge in [-0.25, -0.2) is 4.98 Å². The van der Waals surface area contributed by atoms with E-state index in [-0.39, 0.29) is 11.8 Å². The van der Waals surface area contributed by atoms with Crippen molar-refractivity contribution in [3.05, 3.63) is 83.7 Å². The lowest BCUT2D eigenvalue weighted by molar-refractivity contribution is -0.117. The van der Waals surface area contributed by atoms with Crippen molar-refractivity contribution in [1.29, 1.82) is 0 Å². The number of methoxy groups -OCH3 is 2. The standard InChI is InChI=1S/C27H27N3O3/c1-18-7-6-8-21(13-18)29-17-20(15-26(29)31)27-28-22-9-4-5-10-23(22)30(27)16-19-11-12-24(32-2)25(14-19)33-3/h4-14,20H,15-17H2,1-3H3/t20-/m1/s1. The van der Waals surface area contributed by atoms with Crippen LogP contribution in [0.4, 0.5) is 5.69 Å². The van der Waals surface area contributed by atoms with Crippen molar-refractivity contribution in [3.63, 3.8) is 0 Å². The quantitative estimate of drug-likeness (QED) is 0.426. The van der Waals surface area contributed by atoms with Gasteiger partial charge in [0.1, 0.15) is 5.82 Å². The van der Waals surface area contributed by atoms with E-state index in [9.17, 15) is 4.79 Å². The van der Waals surface area contributed by atoms with Crippen molar-refractivity contribution in [2.24, 2.45) is 0 Å². The fourth-order valence-electron chi connectivity index (χ4n) is 4.66. The van der Waals surface area contributed by atoms with Crippen LogP contribution < -0.4 is 14.4 Å². The molecule has 1 atom stereocenters. The summed E-state index contributed by atoms with van der Waals surface area (Å²) >= 11 is 0. The molecule has 6 heteroatoms. The monoisotopic (exact) mass is 441 g/mol. The molecule has 1 saturated heterocycles. The summed E-state index contributed by atoms with van der Waals surface area (Å²) < 4.78 is 13.1. The topological polar surface area (TPSA) is 56.6 Å². The fraction of sp³-hybridized carbons (Fsp3) is 0.259. The maximum Gasteiger partial charge on any atom is 0.227 e. The molecule has 6 nitrogen and oxygen atoms in total. The molecule has 4 aromatic rings. The summed E-state index contributed by atoms with van der Waals surface area (Å²) in [6, 6.07) is 22.2. The zero-order chi connectivity index (χ0) is 22.9. The summed E-state index contributed by atoms with van der Waals surface area (Å²) in [5, 5.41) is 0. The highest BCUT2D eigenvalue weighted by Crippen LogP contribution is 2.34. The molecule has 5 rings (SSSR count). The second-order valence-corrected chi connectivity index (χ2v) is 8.48. The molecule has 3 aromatic carbocycles. The number of hydrogen-bond donors (Lipinski definition) is 0.